The van der Waals surface area contributed by atoms with Gasteiger partial charge in [0.1, 0.15) is 0 Å². The number of carboxylic acid groups (broad SMARTS) is 1. The predicted octanol–water partition coefficient (Wildman–Crippen LogP) is 1.75. The number of halogens is 1. The average Bonchev–Trinajstić information content (AvgIpc) is 2.84. The monoisotopic (exact) mass is 310 g/mol. The van der Waals surface area contributed by atoms with E-state index in [0.717, 1.165) is 18.5 Å². The highest BCUT2D eigenvalue weighted by Gasteiger charge is 2.25. The zero-order chi connectivity index (χ0) is 15.2. The van der Waals surface area contributed by atoms with Gasteiger partial charge in [-0.25, -0.2) is 0 Å². The van der Waals surface area contributed by atoms with Crippen LogP contribution in [0.4, 0.5) is 0 Å². The molecule has 1 amide bonds. The summed E-state index contributed by atoms with van der Waals surface area (Å²) in [5.41, 5.74) is 0.998. The van der Waals surface area contributed by atoms with Gasteiger partial charge in [-0.05, 0) is 36.6 Å². The predicted molar refractivity (Wildman–Crippen MR) is 80.1 cm³/mol. The molecule has 1 fully saturated rings. The highest BCUT2D eigenvalue weighted by Crippen LogP contribution is 2.19. The van der Waals surface area contributed by atoms with Gasteiger partial charge in [0.15, 0.2) is 0 Å². The van der Waals surface area contributed by atoms with Crippen molar-refractivity contribution in [3.05, 3.63) is 34.9 Å². The van der Waals surface area contributed by atoms with Gasteiger partial charge < -0.3 is 10.4 Å². The van der Waals surface area contributed by atoms with E-state index in [-0.39, 0.29) is 18.2 Å². The molecule has 1 aromatic rings. The van der Waals surface area contributed by atoms with Crippen LogP contribution in [0.3, 0.4) is 0 Å². The SMILES string of the molecule is O=C(O)CC1CCN(CC(=O)NCc2ccc(Cl)cc2)C1. The van der Waals surface area contributed by atoms with Crippen molar-refractivity contribution in [2.75, 3.05) is 19.6 Å². The minimum atomic E-state index is -0.769. The van der Waals surface area contributed by atoms with Crippen molar-refractivity contribution in [2.45, 2.75) is 19.4 Å². The van der Waals surface area contributed by atoms with Crippen molar-refractivity contribution < 1.29 is 14.7 Å². The van der Waals surface area contributed by atoms with Crippen LogP contribution in [0.5, 0.6) is 0 Å². The smallest absolute Gasteiger partial charge is 0.303 e. The zero-order valence-electron chi connectivity index (χ0n) is 11.7. The summed E-state index contributed by atoms with van der Waals surface area (Å²) in [6.07, 6.45) is 1.03. The van der Waals surface area contributed by atoms with E-state index >= 15 is 0 Å². The van der Waals surface area contributed by atoms with Crippen LogP contribution in [0, 0.1) is 5.92 Å². The van der Waals surface area contributed by atoms with E-state index in [1.807, 2.05) is 17.0 Å². The number of rotatable bonds is 6. The largest absolute Gasteiger partial charge is 0.481 e. The average molecular weight is 311 g/mol. The van der Waals surface area contributed by atoms with Gasteiger partial charge in [-0.1, -0.05) is 23.7 Å². The maximum absolute atomic E-state index is 11.9. The Morgan fingerprint density at radius 2 is 2.05 bits per heavy atom. The quantitative estimate of drug-likeness (QED) is 0.840. The number of likely N-dealkylation sites (tertiary alicyclic amines) is 1. The van der Waals surface area contributed by atoms with Gasteiger partial charge in [0.25, 0.3) is 0 Å². The lowest BCUT2D eigenvalue weighted by Crippen LogP contribution is -2.35. The second-order valence-electron chi connectivity index (χ2n) is 5.39. The number of nitrogens with zero attached hydrogens (tertiary/aromatic N) is 1. The van der Waals surface area contributed by atoms with E-state index in [1.54, 1.807) is 12.1 Å². The van der Waals surface area contributed by atoms with Gasteiger partial charge in [0.2, 0.25) is 5.91 Å². The Balaban J connectivity index is 1.70. The summed E-state index contributed by atoms with van der Waals surface area (Å²) in [4.78, 5) is 24.5. The molecule has 0 saturated carbocycles. The molecule has 1 aliphatic heterocycles. The van der Waals surface area contributed by atoms with Crippen molar-refractivity contribution in [1.29, 1.82) is 0 Å². The number of hydrogen-bond donors (Lipinski definition) is 2. The van der Waals surface area contributed by atoms with Crippen LogP contribution in [0.25, 0.3) is 0 Å². The summed E-state index contributed by atoms with van der Waals surface area (Å²) in [5, 5.41) is 12.3. The van der Waals surface area contributed by atoms with Gasteiger partial charge in [0.05, 0.1) is 6.54 Å². The van der Waals surface area contributed by atoms with Crippen molar-refractivity contribution in [3.8, 4) is 0 Å². The van der Waals surface area contributed by atoms with Crippen LogP contribution in [-0.2, 0) is 16.1 Å². The number of nitrogens with one attached hydrogen (secondary N) is 1. The fraction of sp³-hybridized carbons (Fsp3) is 0.467. The molecule has 1 unspecified atom stereocenters. The van der Waals surface area contributed by atoms with Gasteiger partial charge in [0, 0.05) is 24.5 Å². The third-order valence-electron chi connectivity index (χ3n) is 3.60. The molecule has 2 rings (SSSR count). The Kier molecular flexibility index (Phi) is 5.59. The third kappa shape index (κ3) is 5.36. The Morgan fingerprint density at radius 1 is 1.33 bits per heavy atom. The summed E-state index contributed by atoms with van der Waals surface area (Å²) in [5.74, 6) is -0.651. The summed E-state index contributed by atoms with van der Waals surface area (Å²) >= 11 is 5.80. The first kappa shape index (κ1) is 15.8. The Morgan fingerprint density at radius 3 is 2.71 bits per heavy atom. The lowest BCUT2D eigenvalue weighted by atomic mass is 10.1. The number of carbonyl (C=O) groups excluding carboxylic acids is 1. The van der Waals surface area contributed by atoms with Crippen LogP contribution in [0.15, 0.2) is 24.3 Å². The molecule has 6 heteroatoms. The van der Waals surface area contributed by atoms with E-state index < -0.39 is 5.97 Å². The highest BCUT2D eigenvalue weighted by atomic mass is 35.5. The van der Waals surface area contributed by atoms with Crippen molar-refractivity contribution >= 4 is 23.5 Å². The number of benzene rings is 1. The summed E-state index contributed by atoms with van der Waals surface area (Å²) < 4.78 is 0. The van der Waals surface area contributed by atoms with Gasteiger partial charge in [-0.15, -0.1) is 0 Å². The fourth-order valence-electron chi connectivity index (χ4n) is 2.53. The molecule has 1 heterocycles. The molecular weight excluding hydrogens is 292 g/mol. The van der Waals surface area contributed by atoms with E-state index in [1.165, 1.54) is 0 Å². The molecule has 1 aromatic carbocycles. The first-order valence-electron chi connectivity index (χ1n) is 6.98. The molecule has 2 N–H and O–H groups in total. The van der Waals surface area contributed by atoms with E-state index in [2.05, 4.69) is 5.32 Å². The molecular formula is C15H19ClN2O3. The maximum Gasteiger partial charge on any atom is 0.303 e. The second kappa shape index (κ2) is 7.43. The van der Waals surface area contributed by atoms with E-state index in [9.17, 15) is 9.59 Å². The molecule has 114 valence electrons. The molecule has 21 heavy (non-hydrogen) atoms. The minimum Gasteiger partial charge on any atom is -0.481 e. The molecule has 0 radical (unpaired) electrons. The Bertz CT molecular complexity index is 504. The van der Waals surface area contributed by atoms with Crippen LogP contribution >= 0.6 is 11.6 Å². The molecule has 1 saturated heterocycles. The van der Waals surface area contributed by atoms with E-state index in [0.29, 0.717) is 24.7 Å². The third-order valence-corrected chi connectivity index (χ3v) is 3.86. The molecule has 0 aromatic heterocycles. The number of amides is 1. The zero-order valence-corrected chi connectivity index (χ0v) is 12.5. The van der Waals surface area contributed by atoms with E-state index in [4.69, 9.17) is 16.7 Å². The number of aliphatic carboxylic acids is 1. The maximum atomic E-state index is 11.9. The molecule has 0 bridgehead atoms. The van der Waals surface area contributed by atoms with Crippen LogP contribution < -0.4 is 5.32 Å². The lowest BCUT2D eigenvalue weighted by Gasteiger charge is -2.15. The summed E-state index contributed by atoms with van der Waals surface area (Å²) in [6.45, 7) is 2.26. The second-order valence-corrected chi connectivity index (χ2v) is 5.83. The Hall–Kier alpha value is -1.59. The first-order chi connectivity index (χ1) is 10.0. The summed E-state index contributed by atoms with van der Waals surface area (Å²) in [7, 11) is 0. The van der Waals surface area contributed by atoms with Crippen molar-refractivity contribution in [3.63, 3.8) is 0 Å². The standard InChI is InChI=1S/C15H19ClN2O3/c16-13-3-1-11(2-4-13)8-17-14(19)10-18-6-5-12(9-18)7-15(20)21/h1-4,12H,5-10H2,(H,17,19)(H,20,21). The first-order valence-corrected chi connectivity index (χ1v) is 7.36. The van der Waals surface area contributed by atoms with Gasteiger partial charge in [-0.2, -0.15) is 0 Å². The molecule has 1 aliphatic rings. The summed E-state index contributed by atoms with van der Waals surface area (Å²) in [6, 6.07) is 7.34. The number of hydrogen-bond acceptors (Lipinski definition) is 3. The lowest BCUT2D eigenvalue weighted by molar-refractivity contribution is -0.138. The molecule has 5 nitrogen and oxygen atoms in total. The van der Waals surface area contributed by atoms with Crippen molar-refractivity contribution in [2.24, 2.45) is 5.92 Å². The minimum absolute atomic E-state index is 0.0408. The fourth-order valence-corrected chi connectivity index (χ4v) is 2.66. The molecule has 0 spiro atoms. The Labute approximate surface area is 128 Å². The molecule has 0 aliphatic carbocycles. The number of carbonyl (C=O) groups is 2. The van der Waals surface area contributed by atoms with Gasteiger partial charge >= 0.3 is 5.97 Å². The van der Waals surface area contributed by atoms with Crippen molar-refractivity contribution in [1.82, 2.24) is 10.2 Å². The van der Waals surface area contributed by atoms with Crippen LogP contribution in [-0.4, -0.2) is 41.5 Å². The molecule has 1 atom stereocenters. The topological polar surface area (TPSA) is 69.6 Å². The normalized spacial score (nSPS) is 18.6. The van der Waals surface area contributed by atoms with Crippen LogP contribution in [0.1, 0.15) is 18.4 Å². The van der Waals surface area contributed by atoms with Gasteiger partial charge in [-0.3, -0.25) is 14.5 Å². The van der Waals surface area contributed by atoms with Crippen LogP contribution in [0.2, 0.25) is 5.02 Å². The number of carboxylic acids is 1. The highest BCUT2D eigenvalue weighted by molar-refractivity contribution is 6.30.